The van der Waals surface area contributed by atoms with Gasteiger partial charge in [0.1, 0.15) is 0 Å². The van der Waals surface area contributed by atoms with Crippen molar-refractivity contribution in [1.82, 2.24) is 10.6 Å². The topological polar surface area (TPSA) is 54.9 Å². The fourth-order valence-electron chi connectivity index (χ4n) is 3.22. The van der Waals surface area contributed by atoms with Gasteiger partial charge in [-0.1, -0.05) is 37.3 Å². The minimum Gasteiger partial charge on any atom is -0.381 e. The van der Waals surface area contributed by atoms with Crippen molar-refractivity contribution in [3.63, 3.8) is 0 Å². The van der Waals surface area contributed by atoms with Crippen LogP contribution in [0.3, 0.4) is 0 Å². The first-order valence-corrected chi connectivity index (χ1v) is 10.5. The molecule has 28 heavy (non-hydrogen) atoms. The monoisotopic (exact) mass is 503 g/mol. The van der Waals surface area contributed by atoms with Crippen LogP contribution in [0.2, 0.25) is 0 Å². The van der Waals surface area contributed by atoms with Gasteiger partial charge in [-0.05, 0) is 50.0 Å². The first kappa shape index (κ1) is 25.2. The minimum atomic E-state index is 0. The van der Waals surface area contributed by atoms with E-state index in [-0.39, 0.29) is 24.0 Å². The van der Waals surface area contributed by atoms with Crippen LogP contribution in [0.15, 0.2) is 35.3 Å². The minimum absolute atomic E-state index is 0. The molecule has 1 aromatic rings. The predicted octanol–water partition coefficient (Wildman–Crippen LogP) is 4.19. The van der Waals surface area contributed by atoms with Gasteiger partial charge in [0.25, 0.3) is 0 Å². The molecule has 2 rings (SSSR count). The van der Waals surface area contributed by atoms with E-state index in [0.29, 0.717) is 11.8 Å². The molecule has 0 saturated carbocycles. The van der Waals surface area contributed by atoms with Gasteiger partial charge < -0.3 is 20.1 Å². The van der Waals surface area contributed by atoms with Gasteiger partial charge in [-0.25, -0.2) is 0 Å². The molecule has 0 spiro atoms. The van der Waals surface area contributed by atoms with Crippen LogP contribution in [0.25, 0.3) is 0 Å². The van der Waals surface area contributed by atoms with Gasteiger partial charge in [-0.3, -0.25) is 4.99 Å². The average molecular weight is 503 g/mol. The summed E-state index contributed by atoms with van der Waals surface area (Å²) < 4.78 is 11.2. The van der Waals surface area contributed by atoms with Crippen LogP contribution in [0.4, 0.5) is 0 Å². The molecular formula is C22H38IN3O2. The molecule has 1 unspecified atom stereocenters. The zero-order valence-electron chi connectivity index (χ0n) is 17.5. The van der Waals surface area contributed by atoms with Gasteiger partial charge >= 0.3 is 0 Å². The molecule has 1 aliphatic rings. The number of aliphatic imine (C=N–C) groups is 1. The molecule has 1 atom stereocenters. The summed E-state index contributed by atoms with van der Waals surface area (Å²) in [6, 6.07) is 10.7. The van der Waals surface area contributed by atoms with Gasteiger partial charge in [-0.15, -0.1) is 24.0 Å². The van der Waals surface area contributed by atoms with Crippen molar-refractivity contribution >= 4 is 29.9 Å². The van der Waals surface area contributed by atoms with E-state index in [0.717, 1.165) is 77.7 Å². The van der Waals surface area contributed by atoms with Gasteiger partial charge in [-0.2, -0.15) is 0 Å². The first-order chi connectivity index (χ1) is 13.3. The molecule has 1 aromatic carbocycles. The number of nitrogens with one attached hydrogen (secondary N) is 2. The van der Waals surface area contributed by atoms with E-state index in [9.17, 15) is 0 Å². The zero-order valence-corrected chi connectivity index (χ0v) is 19.8. The fraction of sp³-hybridized carbons (Fsp3) is 0.682. The normalized spacial score (nSPS) is 16.3. The quantitative estimate of drug-likeness (QED) is 0.206. The molecule has 6 heteroatoms. The molecule has 0 amide bonds. The lowest BCUT2D eigenvalue weighted by Crippen LogP contribution is -2.38. The molecule has 1 aliphatic heterocycles. The standard InChI is InChI=1S/C22H37N3O2.HI/c1-3-23-22(25-14-10-19(2)21-8-5-4-6-9-21)24-13-7-15-27-18-20-11-16-26-17-12-20;/h4-6,8-9,19-20H,3,7,10-18H2,1-2H3,(H2,23,24,25);1H. The molecule has 160 valence electrons. The van der Waals surface area contributed by atoms with Gasteiger partial charge in [0.05, 0.1) is 0 Å². The molecule has 0 aromatic heterocycles. The summed E-state index contributed by atoms with van der Waals surface area (Å²) in [7, 11) is 0. The number of ether oxygens (including phenoxy) is 2. The van der Waals surface area contributed by atoms with Crippen molar-refractivity contribution in [3.05, 3.63) is 35.9 Å². The fourth-order valence-corrected chi connectivity index (χ4v) is 3.22. The van der Waals surface area contributed by atoms with Crippen molar-refractivity contribution in [2.45, 2.75) is 45.4 Å². The summed E-state index contributed by atoms with van der Waals surface area (Å²) in [5.74, 6) is 2.12. The number of hydrogen-bond donors (Lipinski definition) is 2. The Morgan fingerprint density at radius 2 is 1.96 bits per heavy atom. The van der Waals surface area contributed by atoms with E-state index in [4.69, 9.17) is 9.47 Å². The Morgan fingerprint density at radius 1 is 1.21 bits per heavy atom. The summed E-state index contributed by atoms with van der Waals surface area (Å²) in [5.41, 5.74) is 1.39. The van der Waals surface area contributed by atoms with E-state index in [1.165, 1.54) is 5.56 Å². The molecule has 1 heterocycles. The highest BCUT2D eigenvalue weighted by Crippen LogP contribution is 2.17. The molecule has 0 bridgehead atoms. The van der Waals surface area contributed by atoms with Crippen LogP contribution in [0.1, 0.15) is 51.0 Å². The molecule has 2 N–H and O–H groups in total. The van der Waals surface area contributed by atoms with Crippen LogP contribution in [-0.2, 0) is 9.47 Å². The lowest BCUT2D eigenvalue weighted by Gasteiger charge is -2.21. The van der Waals surface area contributed by atoms with E-state index in [1.54, 1.807) is 0 Å². The van der Waals surface area contributed by atoms with Crippen LogP contribution in [0, 0.1) is 5.92 Å². The second-order valence-corrected chi connectivity index (χ2v) is 7.27. The molecular weight excluding hydrogens is 465 g/mol. The third-order valence-corrected chi connectivity index (χ3v) is 4.99. The van der Waals surface area contributed by atoms with Crippen molar-refractivity contribution < 1.29 is 9.47 Å². The van der Waals surface area contributed by atoms with E-state index in [2.05, 4.69) is 59.8 Å². The summed E-state index contributed by atoms with van der Waals surface area (Å²) in [4.78, 5) is 4.66. The number of guanidine groups is 1. The van der Waals surface area contributed by atoms with Crippen molar-refractivity contribution in [2.75, 3.05) is 46.1 Å². The van der Waals surface area contributed by atoms with Crippen LogP contribution >= 0.6 is 24.0 Å². The highest BCUT2D eigenvalue weighted by molar-refractivity contribution is 14.0. The Balaban J connectivity index is 0.00000392. The summed E-state index contributed by atoms with van der Waals surface area (Å²) in [6.07, 6.45) is 4.31. The number of benzene rings is 1. The zero-order chi connectivity index (χ0) is 19.2. The Bertz CT molecular complexity index is 522. The first-order valence-electron chi connectivity index (χ1n) is 10.5. The largest absolute Gasteiger partial charge is 0.381 e. The van der Waals surface area contributed by atoms with Crippen LogP contribution in [-0.4, -0.2) is 52.0 Å². The smallest absolute Gasteiger partial charge is 0.191 e. The number of hydrogen-bond acceptors (Lipinski definition) is 3. The number of halogens is 1. The number of rotatable bonds is 11. The Morgan fingerprint density at radius 3 is 2.68 bits per heavy atom. The molecule has 0 radical (unpaired) electrons. The summed E-state index contributed by atoms with van der Waals surface area (Å²) >= 11 is 0. The van der Waals surface area contributed by atoms with Gasteiger partial charge in [0.2, 0.25) is 0 Å². The third kappa shape index (κ3) is 10.6. The van der Waals surface area contributed by atoms with Crippen molar-refractivity contribution in [2.24, 2.45) is 10.9 Å². The second-order valence-electron chi connectivity index (χ2n) is 7.27. The summed E-state index contributed by atoms with van der Waals surface area (Å²) in [5, 5.41) is 6.77. The Hall–Kier alpha value is -0.860. The van der Waals surface area contributed by atoms with Crippen molar-refractivity contribution in [1.29, 1.82) is 0 Å². The van der Waals surface area contributed by atoms with Crippen molar-refractivity contribution in [3.8, 4) is 0 Å². The highest BCUT2D eigenvalue weighted by Gasteiger charge is 2.13. The lowest BCUT2D eigenvalue weighted by molar-refractivity contribution is 0.0205. The molecule has 1 fully saturated rings. The molecule has 5 nitrogen and oxygen atoms in total. The maximum Gasteiger partial charge on any atom is 0.191 e. The predicted molar refractivity (Wildman–Crippen MR) is 128 cm³/mol. The van der Waals surface area contributed by atoms with Crippen LogP contribution in [0.5, 0.6) is 0 Å². The van der Waals surface area contributed by atoms with Gasteiger partial charge in [0, 0.05) is 46.1 Å². The average Bonchev–Trinajstić information content (AvgIpc) is 2.71. The van der Waals surface area contributed by atoms with E-state index in [1.807, 2.05) is 0 Å². The lowest BCUT2D eigenvalue weighted by atomic mass is 9.98. The maximum absolute atomic E-state index is 5.81. The Labute approximate surface area is 188 Å². The summed E-state index contributed by atoms with van der Waals surface area (Å²) in [6.45, 7) is 10.4. The van der Waals surface area contributed by atoms with E-state index < -0.39 is 0 Å². The number of nitrogens with zero attached hydrogens (tertiary/aromatic N) is 1. The maximum atomic E-state index is 5.81. The Kier molecular flexibility index (Phi) is 14.4. The van der Waals surface area contributed by atoms with E-state index >= 15 is 0 Å². The molecule has 1 saturated heterocycles. The van der Waals surface area contributed by atoms with Crippen LogP contribution < -0.4 is 10.6 Å². The third-order valence-electron chi connectivity index (χ3n) is 4.99. The SMILES string of the molecule is CCNC(=NCCCOCC1CCOCC1)NCCC(C)c1ccccc1.I. The molecule has 0 aliphatic carbocycles. The highest BCUT2D eigenvalue weighted by atomic mass is 127. The second kappa shape index (κ2) is 16.0. The van der Waals surface area contributed by atoms with Gasteiger partial charge in [0.15, 0.2) is 5.96 Å².